The molecule has 2 amide bonds. The van der Waals surface area contributed by atoms with Gasteiger partial charge in [-0.3, -0.25) is 9.59 Å². The third-order valence-electron chi connectivity index (χ3n) is 6.46. The molecule has 0 bridgehead atoms. The van der Waals surface area contributed by atoms with Gasteiger partial charge < -0.3 is 28.7 Å². The fraction of sp³-hybridized carbons (Fsp3) is 0.667. The molecule has 1 aromatic carbocycles. The molecule has 9 heteroatoms. The van der Waals surface area contributed by atoms with Crippen LogP contribution in [-0.2, 0) is 23.8 Å². The molecule has 8 nitrogen and oxygen atoms in total. The van der Waals surface area contributed by atoms with Crippen molar-refractivity contribution in [1.29, 1.82) is 0 Å². The van der Waals surface area contributed by atoms with Crippen LogP contribution in [0.25, 0.3) is 0 Å². The van der Waals surface area contributed by atoms with Crippen LogP contribution in [-0.4, -0.2) is 92.5 Å². The maximum absolute atomic E-state index is 13.3. The molecule has 0 aromatic heterocycles. The maximum atomic E-state index is 13.3. The molecular weight excluding hydrogens is 431 g/mol. The first-order valence-electron chi connectivity index (χ1n) is 11.8. The van der Waals surface area contributed by atoms with Gasteiger partial charge in [0.15, 0.2) is 0 Å². The third kappa shape index (κ3) is 6.65. The number of rotatable bonds is 8. The van der Waals surface area contributed by atoms with Crippen LogP contribution >= 0.6 is 0 Å². The number of nitrogens with zero attached hydrogens (tertiary/aromatic N) is 2. The lowest BCUT2D eigenvalue weighted by Crippen LogP contribution is -2.58. The summed E-state index contributed by atoms with van der Waals surface area (Å²) in [6.45, 7) is 4.04. The summed E-state index contributed by atoms with van der Waals surface area (Å²) in [4.78, 5) is 29.6. The maximum Gasteiger partial charge on any atom is 0.225 e. The van der Waals surface area contributed by atoms with Crippen LogP contribution in [0, 0.1) is 5.82 Å². The monoisotopic (exact) mass is 464 g/mol. The van der Waals surface area contributed by atoms with Gasteiger partial charge in [0, 0.05) is 32.7 Å². The van der Waals surface area contributed by atoms with Crippen LogP contribution in [0.2, 0.25) is 0 Å². The Morgan fingerprint density at radius 1 is 1.03 bits per heavy atom. The summed E-state index contributed by atoms with van der Waals surface area (Å²) in [5.74, 6) is 0.130. The van der Waals surface area contributed by atoms with Gasteiger partial charge in [0.2, 0.25) is 11.8 Å². The lowest BCUT2D eigenvalue weighted by molar-refractivity contribution is -0.167. The number of hydrogen-bond donors (Lipinski definition) is 0. The second-order valence-electron chi connectivity index (χ2n) is 8.93. The van der Waals surface area contributed by atoms with Gasteiger partial charge in [0.25, 0.3) is 0 Å². The highest BCUT2D eigenvalue weighted by Gasteiger charge is 2.42. The van der Waals surface area contributed by atoms with Crippen LogP contribution in [0.1, 0.15) is 32.1 Å². The molecule has 0 saturated carbocycles. The SMILES string of the molecule is O=C(C[C@@]1(COc2ccc(F)cc2)CN(C(=O)CC[C@@H]2CCCO2)CCO1)N1CCOCC1. The fourth-order valence-corrected chi connectivity index (χ4v) is 4.56. The van der Waals surface area contributed by atoms with Crippen LogP contribution in [0.4, 0.5) is 4.39 Å². The van der Waals surface area contributed by atoms with E-state index >= 15 is 0 Å². The summed E-state index contributed by atoms with van der Waals surface area (Å²) in [6.07, 6.45) is 3.43. The van der Waals surface area contributed by atoms with Gasteiger partial charge in [0.1, 0.15) is 23.8 Å². The third-order valence-corrected chi connectivity index (χ3v) is 6.46. The number of carbonyl (C=O) groups is 2. The minimum atomic E-state index is -0.971. The molecule has 0 aliphatic carbocycles. The van der Waals surface area contributed by atoms with Crippen molar-refractivity contribution >= 4 is 11.8 Å². The first-order chi connectivity index (χ1) is 16.0. The molecule has 1 aromatic rings. The minimum Gasteiger partial charge on any atom is -0.490 e. The van der Waals surface area contributed by atoms with E-state index in [1.54, 1.807) is 21.9 Å². The Morgan fingerprint density at radius 3 is 2.52 bits per heavy atom. The fourth-order valence-electron chi connectivity index (χ4n) is 4.56. The van der Waals surface area contributed by atoms with Crippen molar-refractivity contribution in [2.45, 2.75) is 43.8 Å². The average molecular weight is 465 g/mol. The second kappa shape index (κ2) is 11.3. The predicted molar refractivity (Wildman–Crippen MR) is 117 cm³/mol. The van der Waals surface area contributed by atoms with Gasteiger partial charge in [0.05, 0.1) is 38.9 Å². The van der Waals surface area contributed by atoms with Gasteiger partial charge in [-0.1, -0.05) is 0 Å². The highest BCUT2D eigenvalue weighted by atomic mass is 19.1. The summed E-state index contributed by atoms with van der Waals surface area (Å²) in [6, 6.07) is 5.73. The summed E-state index contributed by atoms with van der Waals surface area (Å²) < 4.78 is 36.3. The molecule has 182 valence electrons. The smallest absolute Gasteiger partial charge is 0.225 e. The average Bonchev–Trinajstić information content (AvgIpc) is 3.37. The molecule has 3 aliphatic heterocycles. The predicted octanol–water partition coefficient (Wildman–Crippen LogP) is 2.01. The van der Waals surface area contributed by atoms with E-state index in [9.17, 15) is 14.0 Å². The van der Waals surface area contributed by atoms with Gasteiger partial charge in [-0.05, 0) is 43.5 Å². The van der Waals surface area contributed by atoms with E-state index in [0.717, 1.165) is 19.4 Å². The molecule has 3 saturated heterocycles. The Kier molecular flexibility index (Phi) is 8.16. The zero-order chi connectivity index (χ0) is 23.1. The Labute approximate surface area is 193 Å². The van der Waals surface area contributed by atoms with Gasteiger partial charge in [-0.2, -0.15) is 0 Å². The Hall–Kier alpha value is -2.23. The zero-order valence-electron chi connectivity index (χ0n) is 19.0. The number of carbonyl (C=O) groups excluding carboxylic acids is 2. The first kappa shape index (κ1) is 23.9. The van der Waals surface area contributed by atoms with Crippen molar-refractivity contribution in [3.63, 3.8) is 0 Å². The Balaban J connectivity index is 1.42. The van der Waals surface area contributed by atoms with Gasteiger partial charge >= 0.3 is 0 Å². The van der Waals surface area contributed by atoms with E-state index in [1.807, 2.05) is 0 Å². The number of hydrogen-bond acceptors (Lipinski definition) is 6. The van der Waals surface area contributed by atoms with Crippen LogP contribution < -0.4 is 4.74 Å². The van der Waals surface area contributed by atoms with Gasteiger partial charge in [-0.15, -0.1) is 0 Å². The van der Waals surface area contributed by atoms with E-state index in [-0.39, 0.29) is 43.3 Å². The topological polar surface area (TPSA) is 77.5 Å². The summed E-state index contributed by atoms with van der Waals surface area (Å²) in [5, 5.41) is 0. The molecule has 4 rings (SSSR count). The highest BCUT2D eigenvalue weighted by Crippen LogP contribution is 2.27. The molecule has 3 aliphatic rings. The summed E-state index contributed by atoms with van der Waals surface area (Å²) in [5.41, 5.74) is -0.971. The molecule has 0 N–H and O–H groups in total. The van der Waals surface area contributed by atoms with E-state index in [0.29, 0.717) is 58.0 Å². The van der Waals surface area contributed by atoms with Crippen molar-refractivity contribution in [2.24, 2.45) is 0 Å². The van der Waals surface area contributed by atoms with E-state index in [2.05, 4.69) is 0 Å². The molecule has 33 heavy (non-hydrogen) atoms. The Bertz CT molecular complexity index is 795. The normalized spacial score (nSPS) is 25.8. The van der Waals surface area contributed by atoms with Crippen molar-refractivity contribution in [3.05, 3.63) is 30.1 Å². The van der Waals surface area contributed by atoms with Crippen molar-refractivity contribution in [2.75, 3.05) is 59.2 Å². The molecule has 0 spiro atoms. The second-order valence-corrected chi connectivity index (χ2v) is 8.93. The molecule has 3 fully saturated rings. The summed E-state index contributed by atoms with van der Waals surface area (Å²) >= 11 is 0. The van der Waals surface area contributed by atoms with Crippen LogP contribution in [0.3, 0.4) is 0 Å². The lowest BCUT2D eigenvalue weighted by atomic mass is 9.96. The molecule has 3 heterocycles. The minimum absolute atomic E-state index is 0.0405. The highest BCUT2D eigenvalue weighted by molar-refractivity contribution is 5.79. The number of benzene rings is 1. The first-order valence-corrected chi connectivity index (χ1v) is 11.8. The van der Waals surface area contributed by atoms with E-state index in [4.69, 9.17) is 18.9 Å². The summed E-state index contributed by atoms with van der Waals surface area (Å²) in [7, 11) is 0. The number of morpholine rings is 2. The quantitative estimate of drug-likeness (QED) is 0.586. The molecule has 2 atom stereocenters. The largest absolute Gasteiger partial charge is 0.490 e. The van der Waals surface area contributed by atoms with E-state index < -0.39 is 5.60 Å². The van der Waals surface area contributed by atoms with Crippen LogP contribution in [0.5, 0.6) is 5.75 Å². The zero-order valence-corrected chi connectivity index (χ0v) is 19.0. The van der Waals surface area contributed by atoms with Crippen molar-refractivity contribution in [1.82, 2.24) is 9.80 Å². The molecule has 0 radical (unpaired) electrons. The van der Waals surface area contributed by atoms with Crippen molar-refractivity contribution in [3.8, 4) is 5.75 Å². The number of halogens is 1. The standard InChI is InChI=1S/C24H33FN2O6/c25-19-3-5-21(6-4-19)32-18-24(16-23(29)26-9-13-30-14-10-26)17-27(11-15-33-24)22(28)8-7-20-2-1-12-31-20/h3-6,20H,1-2,7-18H2/t20-,24-/m0/s1. The van der Waals surface area contributed by atoms with Gasteiger partial charge in [-0.25, -0.2) is 4.39 Å². The molecule has 0 unspecified atom stereocenters. The lowest BCUT2D eigenvalue weighted by Gasteiger charge is -2.43. The molecular formula is C24H33FN2O6. The van der Waals surface area contributed by atoms with E-state index in [1.165, 1.54) is 12.1 Å². The van der Waals surface area contributed by atoms with Crippen LogP contribution in [0.15, 0.2) is 24.3 Å². The van der Waals surface area contributed by atoms with Crippen molar-refractivity contribution < 1.29 is 32.9 Å². The number of amides is 2. The Morgan fingerprint density at radius 2 is 1.79 bits per heavy atom. The number of ether oxygens (including phenoxy) is 4.